The van der Waals surface area contributed by atoms with Crippen molar-refractivity contribution < 1.29 is 9.59 Å². The molecule has 5 nitrogen and oxygen atoms in total. The van der Waals surface area contributed by atoms with E-state index in [0.29, 0.717) is 12.0 Å². The number of nitrogens with one attached hydrogen (secondary N) is 1. The number of anilines is 1. The van der Waals surface area contributed by atoms with Crippen molar-refractivity contribution >= 4 is 17.5 Å². The van der Waals surface area contributed by atoms with E-state index in [1.807, 2.05) is 42.2 Å². The van der Waals surface area contributed by atoms with Gasteiger partial charge in [0, 0.05) is 49.9 Å². The highest BCUT2D eigenvalue weighted by atomic mass is 16.2. The van der Waals surface area contributed by atoms with Gasteiger partial charge in [0.2, 0.25) is 5.91 Å². The normalized spacial score (nSPS) is 16.2. The lowest BCUT2D eigenvalue weighted by atomic mass is 10.00. The Morgan fingerprint density at radius 2 is 1.60 bits per heavy atom. The summed E-state index contributed by atoms with van der Waals surface area (Å²) >= 11 is 0. The van der Waals surface area contributed by atoms with Crippen molar-refractivity contribution in [3.05, 3.63) is 89.5 Å². The van der Waals surface area contributed by atoms with Gasteiger partial charge in [-0.25, -0.2) is 0 Å². The Morgan fingerprint density at radius 3 is 2.31 bits per heavy atom. The van der Waals surface area contributed by atoms with Crippen LogP contribution in [-0.4, -0.2) is 42.4 Å². The summed E-state index contributed by atoms with van der Waals surface area (Å²) in [6.45, 7) is 5.63. The summed E-state index contributed by atoms with van der Waals surface area (Å²) in [5.41, 5.74) is 6.48. The topological polar surface area (TPSA) is 52.7 Å². The summed E-state index contributed by atoms with van der Waals surface area (Å²) in [5.74, 6) is 0.175. The van der Waals surface area contributed by atoms with Crippen LogP contribution in [0.2, 0.25) is 0 Å². The number of benzene rings is 3. The third-order valence-electron chi connectivity index (χ3n) is 7.23. The van der Waals surface area contributed by atoms with E-state index in [9.17, 15) is 9.59 Å². The van der Waals surface area contributed by atoms with E-state index in [2.05, 4.69) is 52.7 Å². The maximum Gasteiger partial charge on any atom is 0.251 e. The van der Waals surface area contributed by atoms with Crippen molar-refractivity contribution in [3.63, 3.8) is 0 Å². The molecule has 1 fully saturated rings. The molecular weight excluding hydrogens is 434 g/mol. The molecule has 3 aromatic carbocycles. The standard InChI is InChI=1S/C30H33N3O2/c1-2-29(34)33-19-14-26-20-25(12-13-28(26)33)23-8-10-24(11-9-23)30(35)31-27-15-17-32(18-16-27)21-22-6-4-3-5-7-22/h3-13,20,27H,2,14-19,21H2,1H3,(H,31,35). The van der Waals surface area contributed by atoms with Gasteiger partial charge in [-0.05, 0) is 65.8 Å². The lowest BCUT2D eigenvalue weighted by molar-refractivity contribution is -0.118. The highest BCUT2D eigenvalue weighted by Crippen LogP contribution is 2.33. The number of likely N-dealkylation sites (tertiary alicyclic amines) is 1. The number of hydrogen-bond acceptors (Lipinski definition) is 3. The Labute approximate surface area is 207 Å². The van der Waals surface area contributed by atoms with Crippen LogP contribution >= 0.6 is 0 Å². The molecule has 1 N–H and O–H groups in total. The molecule has 0 aliphatic carbocycles. The maximum atomic E-state index is 12.9. The summed E-state index contributed by atoms with van der Waals surface area (Å²) in [4.78, 5) is 29.4. The molecule has 0 spiro atoms. The van der Waals surface area contributed by atoms with E-state index in [-0.39, 0.29) is 17.9 Å². The van der Waals surface area contributed by atoms with Crippen LogP contribution in [0.15, 0.2) is 72.8 Å². The monoisotopic (exact) mass is 467 g/mol. The van der Waals surface area contributed by atoms with Crippen molar-refractivity contribution in [1.29, 1.82) is 0 Å². The number of fused-ring (bicyclic) bond motifs is 1. The second-order valence-corrected chi connectivity index (χ2v) is 9.58. The molecule has 1 saturated heterocycles. The van der Waals surface area contributed by atoms with Crippen molar-refractivity contribution in [1.82, 2.24) is 10.2 Å². The van der Waals surface area contributed by atoms with E-state index in [1.54, 1.807) is 0 Å². The Bertz CT molecular complexity index is 1180. The van der Waals surface area contributed by atoms with Crippen LogP contribution < -0.4 is 10.2 Å². The molecule has 35 heavy (non-hydrogen) atoms. The predicted molar refractivity (Wildman–Crippen MR) is 140 cm³/mol. The molecule has 2 heterocycles. The van der Waals surface area contributed by atoms with E-state index in [0.717, 1.165) is 62.3 Å². The molecule has 5 heteroatoms. The first-order chi connectivity index (χ1) is 17.1. The highest BCUT2D eigenvalue weighted by molar-refractivity contribution is 5.96. The van der Waals surface area contributed by atoms with Gasteiger partial charge in [0.1, 0.15) is 0 Å². The lowest BCUT2D eigenvalue weighted by Gasteiger charge is -2.32. The quantitative estimate of drug-likeness (QED) is 0.552. The van der Waals surface area contributed by atoms with Gasteiger partial charge in [-0.15, -0.1) is 0 Å². The molecular formula is C30H33N3O2. The van der Waals surface area contributed by atoms with Gasteiger partial charge in [-0.2, -0.15) is 0 Å². The minimum atomic E-state index is 0.000678. The summed E-state index contributed by atoms with van der Waals surface area (Å²) in [6.07, 6.45) is 3.36. The highest BCUT2D eigenvalue weighted by Gasteiger charge is 2.24. The van der Waals surface area contributed by atoms with Gasteiger partial charge < -0.3 is 10.2 Å². The number of carbonyl (C=O) groups is 2. The fourth-order valence-electron chi connectivity index (χ4n) is 5.19. The Balaban J connectivity index is 1.16. The minimum absolute atomic E-state index is 0.000678. The van der Waals surface area contributed by atoms with Crippen LogP contribution in [0, 0.1) is 0 Å². The van der Waals surface area contributed by atoms with Gasteiger partial charge >= 0.3 is 0 Å². The van der Waals surface area contributed by atoms with E-state index in [1.165, 1.54) is 11.1 Å². The number of nitrogens with zero attached hydrogens (tertiary/aromatic N) is 2. The second kappa shape index (κ2) is 10.4. The van der Waals surface area contributed by atoms with Gasteiger partial charge in [0.05, 0.1) is 0 Å². The van der Waals surface area contributed by atoms with Gasteiger partial charge in [0.15, 0.2) is 0 Å². The number of hydrogen-bond donors (Lipinski definition) is 1. The number of piperidine rings is 1. The van der Waals surface area contributed by atoms with E-state index in [4.69, 9.17) is 0 Å². The molecule has 180 valence electrons. The number of rotatable bonds is 6. The molecule has 2 aliphatic heterocycles. The molecule has 3 aromatic rings. The predicted octanol–water partition coefficient (Wildman–Crippen LogP) is 5.05. The van der Waals surface area contributed by atoms with Crippen LogP contribution in [0.1, 0.15) is 47.7 Å². The third-order valence-corrected chi connectivity index (χ3v) is 7.23. The first kappa shape index (κ1) is 23.3. The summed E-state index contributed by atoms with van der Waals surface area (Å²) < 4.78 is 0. The van der Waals surface area contributed by atoms with Crippen molar-refractivity contribution in [2.75, 3.05) is 24.5 Å². The van der Waals surface area contributed by atoms with Crippen molar-refractivity contribution in [3.8, 4) is 11.1 Å². The SMILES string of the molecule is CCC(=O)N1CCc2cc(-c3ccc(C(=O)NC4CCN(Cc5ccccc5)CC4)cc3)ccc21. The van der Waals surface area contributed by atoms with Crippen LogP contribution in [0.25, 0.3) is 11.1 Å². The average molecular weight is 468 g/mol. The first-order valence-electron chi connectivity index (χ1n) is 12.7. The Hall–Kier alpha value is -3.44. The molecule has 0 saturated carbocycles. The third kappa shape index (κ3) is 5.30. The van der Waals surface area contributed by atoms with Crippen molar-refractivity contribution in [2.45, 2.75) is 45.2 Å². The first-order valence-corrected chi connectivity index (χ1v) is 12.7. The largest absolute Gasteiger partial charge is 0.349 e. The molecule has 0 bridgehead atoms. The zero-order valence-electron chi connectivity index (χ0n) is 20.4. The number of carbonyl (C=O) groups excluding carboxylic acids is 2. The zero-order valence-corrected chi connectivity index (χ0v) is 20.4. The second-order valence-electron chi connectivity index (χ2n) is 9.58. The Kier molecular flexibility index (Phi) is 6.96. The lowest BCUT2D eigenvalue weighted by Crippen LogP contribution is -2.44. The smallest absolute Gasteiger partial charge is 0.251 e. The summed E-state index contributed by atoms with van der Waals surface area (Å²) in [5, 5.41) is 3.23. The van der Waals surface area contributed by atoms with Crippen LogP contribution in [0.3, 0.4) is 0 Å². The summed E-state index contributed by atoms with van der Waals surface area (Å²) in [7, 11) is 0. The minimum Gasteiger partial charge on any atom is -0.349 e. The maximum absolute atomic E-state index is 12.9. The molecule has 0 aromatic heterocycles. The van der Waals surface area contributed by atoms with E-state index >= 15 is 0 Å². The molecule has 2 aliphatic rings. The Morgan fingerprint density at radius 1 is 0.886 bits per heavy atom. The number of amides is 2. The van der Waals surface area contributed by atoms with Gasteiger partial charge in [0.25, 0.3) is 5.91 Å². The fourth-order valence-corrected chi connectivity index (χ4v) is 5.19. The van der Waals surface area contributed by atoms with Crippen LogP contribution in [-0.2, 0) is 17.8 Å². The van der Waals surface area contributed by atoms with Crippen LogP contribution in [0.4, 0.5) is 5.69 Å². The van der Waals surface area contributed by atoms with Gasteiger partial charge in [-0.3, -0.25) is 14.5 Å². The molecule has 5 rings (SSSR count). The molecule has 2 amide bonds. The van der Waals surface area contributed by atoms with E-state index < -0.39 is 0 Å². The fraction of sp³-hybridized carbons (Fsp3) is 0.333. The van der Waals surface area contributed by atoms with Crippen LogP contribution in [0.5, 0.6) is 0 Å². The summed E-state index contributed by atoms with van der Waals surface area (Å²) in [6, 6.07) is 24.9. The zero-order chi connectivity index (χ0) is 24.2. The molecule has 0 unspecified atom stereocenters. The molecule has 0 atom stereocenters. The van der Waals surface area contributed by atoms with Gasteiger partial charge in [-0.1, -0.05) is 55.5 Å². The van der Waals surface area contributed by atoms with Crippen molar-refractivity contribution in [2.24, 2.45) is 0 Å². The average Bonchev–Trinajstić information content (AvgIpc) is 3.33. The molecule has 0 radical (unpaired) electrons.